The van der Waals surface area contributed by atoms with Gasteiger partial charge in [0.1, 0.15) is 0 Å². The van der Waals surface area contributed by atoms with Gasteiger partial charge in [-0.05, 0) is 40.5 Å². The van der Waals surface area contributed by atoms with Crippen molar-refractivity contribution in [2.75, 3.05) is 0 Å². The molecule has 0 saturated heterocycles. The van der Waals surface area contributed by atoms with E-state index in [1.54, 1.807) is 18.3 Å². The summed E-state index contributed by atoms with van der Waals surface area (Å²) >= 11 is 9.13. The first-order valence-electron chi connectivity index (χ1n) is 4.07. The first-order valence-corrected chi connectivity index (χ1v) is 5.24. The summed E-state index contributed by atoms with van der Waals surface area (Å²) in [6.45, 7) is 1.88. The average Bonchev–Trinajstić information content (AvgIpc) is 2.17. The van der Waals surface area contributed by atoms with Crippen molar-refractivity contribution in [3.8, 4) is 0 Å². The molecule has 2 nitrogen and oxygen atoms in total. The third-order valence-electron chi connectivity index (χ3n) is 2.20. The van der Waals surface area contributed by atoms with Crippen molar-refractivity contribution in [1.29, 1.82) is 0 Å². The quantitative estimate of drug-likeness (QED) is 0.784. The molecule has 0 aliphatic rings. The Hall–Kier alpha value is -0.800. The zero-order chi connectivity index (χ0) is 10.3. The van der Waals surface area contributed by atoms with Gasteiger partial charge in [0.05, 0.1) is 9.99 Å². The largest absolute Gasteiger partial charge is 0.360 e. The summed E-state index contributed by atoms with van der Waals surface area (Å²) in [6.07, 6.45) is 1.63. The molecule has 1 aromatic carbocycles. The molecule has 4 heteroatoms. The highest BCUT2D eigenvalue weighted by molar-refractivity contribution is 9.10. The number of rotatable bonds is 0. The minimum absolute atomic E-state index is 0.0153. The van der Waals surface area contributed by atoms with Crippen LogP contribution in [0.2, 0.25) is 5.02 Å². The maximum absolute atomic E-state index is 11.7. The monoisotopic (exact) mass is 271 g/mol. The van der Waals surface area contributed by atoms with Crippen LogP contribution >= 0.6 is 27.5 Å². The molecule has 0 atom stereocenters. The Morgan fingerprint density at radius 1 is 1.43 bits per heavy atom. The maximum atomic E-state index is 11.7. The fourth-order valence-corrected chi connectivity index (χ4v) is 1.88. The van der Waals surface area contributed by atoms with Crippen molar-refractivity contribution in [3.05, 3.63) is 43.6 Å². The summed E-state index contributed by atoms with van der Waals surface area (Å²) < 4.78 is 0.534. The summed E-state index contributed by atoms with van der Waals surface area (Å²) in [5.41, 5.74) is 1.68. The molecule has 0 aliphatic carbocycles. The third kappa shape index (κ3) is 1.37. The van der Waals surface area contributed by atoms with Gasteiger partial charge in [0.15, 0.2) is 0 Å². The van der Waals surface area contributed by atoms with Gasteiger partial charge < -0.3 is 4.98 Å². The van der Waals surface area contributed by atoms with Crippen LogP contribution in [0.15, 0.2) is 27.6 Å². The van der Waals surface area contributed by atoms with Gasteiger partial charge >= 0.3 is 0 Å². The predicted molar refractivity (Wildman–Crippen MR) is 62.0 cm³/mol. The number of fused-ring (bicyclic) bond motifs is 1. The van der Waals surface area contributed by atoms with Crippen LogP contribution in [0.5, 0.6) is 0 Å². The molecule has 0 bridgehead atoms. The maximum Gasteiger partial charge on any atom is 0.203 e. The third-order valence-corrected chi connectivity index (χ3v) is 3.20. The fourth-order valence-electron chi connectivity index (χ4n) is 1.39. The van der Waals surface area contributed by atoms with Crippen molar-refractivity contribution >= 4 is 38.4 Å². The highest BCUT2D eigenvalue weighted by Gasteiger charge is 2.06. The molecule has 0 spiro atoms. The first-order chi connectivity index (χ1) is 6.61. The number of aromatic nitrogens is 1. The summed E-state index contributed by atoms with van der Waals surface area (Å²) in [7, 11) is 0. The lowest BCUT2D eigenvalue weighted by molar-refractivity contribution is 1.33. The smallest absolute Gasteiger partial charge is 0.203 e. The summed E-state index contributed by atoms with van der Waals surface area (Å²) in [5.74, 6) is 0. The van der Waals surface area contributed by atoms with Crippen LogP contribution < -0.4 is 5.43 Å². The van der Waals surface area contributed by atoms with Crippen LogP contribution in [0.4, 0.5) is 0 Å². The second-order valence-electron chi connectivity index (χ2n) is 3.06. The van der Waals surface area contributed by atoms with E-state index in [0.29, 0.717) is 14.9 Å². The highest BCUT2D eigenvalue weighted by atomic mass is 79.9. The van der Waals surface area contributed by atoms with Crippen molar-refractivity contribution in [3.63, 3.8) is 0 Å². The standard InChI is InChI=1S/C10H7BrClNO/c1-5-8(12)3-2-6-9(5)13-4-7(11)10(6)14/h2-4H,1H3,(H,13,14). The Labute approximate surface area is 94.0 Å². The van der Waals surface area contributed by atoms with Crippen molar-refractivity contribution in [2.24, 2.45) is 0 Å². The van der Waals surface area contributed by atoms with E-state index in [4.69, 9.17) is 11.6 Å². The van der Waals surface area contributed by atoms with Crippen molar-refractivity contribution in [2.45, 2.75) is 6.92 Å². The van der Waals surface area contributed by atoms with Gasteiger partial charge in [-0.15, -0.1) is 0 Å². The van der Waals surface area contributed by atoms with Gasteiger partial charge in [0, 0.05) is 16.6 Å². The molecule has 0 unspecified atom stereocenters. The molecule has 1 aromatic heterocycles. The van der Waals surface area contributed by atoms with E-state index in [1.165, 1.54) is 0 Å². The number of nitrogens with one attached hydrogen (secondary N) is 1. The van der Waals surface area contributed by atoms with E-state index in [9.17, 15) is 4.79 Å². The lowest BCUT2D eigenvalue weighted by atomic mass is 10.1. The molecule has 1 heterocycles. The second-order valence-corrected chi connectivity index (χ2v) is 4.32. The van der Waals surface area contributed by atoms with E-state index in [1.807, 2.05) is 6.92 Å². The summed E-state index contributed by atoms with van der Waals surface area (Å²) in [5, 5.41) is 1.32. The van der Waals surface area contributed by atoms with Gasteiger partial charge in [-0.1, -0.05) is 11.6 Å². The van der Waals surface area contributed by atoms with Crippen molar-refractivity contribution < 1.29 is 0 Å². The molecule has 0 fully saturated rings. The summed E-state index contributed by atoms with van der Waals surface area (Å²) in [6, 6.07) is 3.47. The number of pyridine rings is 1. The molecule has 1 N–H and O–H groups in total. The Morgan fingerprint density at radius 3 is 2.86 bits per heavy atom. The number of H-pyrrole nitrogens is 1. The Bertz CT molecular complexity index is 562. The Balaban J connectivity index is 3.02. The molecule has 14 heavy (non-hydrogen) atoms. The molecule has 0 radical (unpaired) electrons. The lowest BCUT2D eigenvalue weighted by Crippen LogP contribution is -2.04. The zero-order valence-corrected chi connectivity index (χ0v) is 9.74. The minimum Gasteiger partial charge on any atom is -0.360 e. The van der Waals surface area contributed by atoms with Gasteiger partial charge in [-0.2, -0.15) is 0 Å². The Morgan fingerprint density at radius 2 is 2.14 bits per heavy atom. The van der Waals surface area contributed by atoms with Crippen LogP contribution in [-0.4, -0.2) is 4.98 Å². The molecule has 2 rings (SSSR count). The number of aromatic amines is 1. The predicted octanol–water partition coefficient (Wildman–Crippen LogP) is 3.25. The topological polar surface area (TPSA) is 32.9 Å². The van der Waals surface area contributed by atoms with E-state index in [-0.39, 0.29) is 5.43 Å². The van der Waals surface area contributed by atoms with E-state index in [2.05, 4.69) is 20.9 Å². The highest BCUT2D eigenvalue weighted by Crippen LogP contribution is 2.22. The average molecular weight is 273 g/mol. The molecule has 2 aromatic rings. The molecule has 0 aliphatic heterocycles. The van der Waals surface area contributed by atoms with Crippen LogP contribution in [0.1, 0.15) is 5.56 Å². The number of halogens is 2. The molecular weight excluding hydrogens is 265 g/mol. The Kier molecular flexibility index (Phi) is 2.37. The fraction of sp³-hybridized carbons (Fsp3) is 0.100. The zero-order valence-electron chi connectivity index (χ0n) is 7.40. The van der Waals surface area contributed by atoms with E-state index in [0.717, 1.165) is 11.1 Å². The summed E-state index contributed by atoms with van der Waals surface area (Å²) in [4.78, 5) is 14.7. The van der Waals surface area contributed by atoms with Crippen LogP contribution in [0, 0.1) is 6.92 Å². The van der Waals surface area contributed by atoms with Gasteiger partial charge in [-0.3, -0.25) is 4.79 Å². The molecular formula is C10H7BrClNO. The normalized spacial score (nSPS) is 10.8. The second kappa shape index (κ2) is 3.41. The number of aryl methyl sites for hydroxylation is 1. The molecule has 72 valence electrons. The van der Waals surface area contributed by atoms with Crippen LogP contribution in [0.25, 0.3) is 10.9 Å². The number of hydrogen-bond donors (Lipinski definition) is 1. The van der Waals surface area contributed by atoms with Gasteiger partial charge in [-0.25, -0.2) is 0 Å². The van der Waals surface area contributed by atoms with Gasteiger partial charge in [0.2, 0.25) is 5.43 Å². The van der Waals surface area contributed by atoms with E-state index < -0.39 is 0 Å². The molecule has 0 saturated carbocycles. The first kappa shape index (κ1) is 9.74. The van der Waals surface area contributed by atoms with Gasteiger partial charge in [0.25, 0.3) is 0 Å². The lowest BCUT2D eigenvalue weighted by Gasteiger charge is -2.03. The number of benzene rings is 1. The minimum atomic E-state index is -0.0153. The van der Waals surface area contributed by atoms with Crippen LogP contribution in [0.3, 0.4) is 0 Å². The van der Waals surface area contributed by atoms with Crippen molar-refractivity contribution in [1.82, 2.24) is 4.98 Å². The number of hydrogen-bond acceptors (Lipinski definition) is 1. The van der Waals surface area contributed by atoms with E-state index >= 15 is 0 Å². The SMILES string of the molecule is Cc1c(Cl)ccc2c(=O)c(Br)c[nH]c12. The molecule has 0 amide bonds. The van der Waals surface area contributed by atoms with Crippen LogP contribution in [-0.2, 0) is 0 Å².